The van der Waals surface area contributed by atoms with Crippen LogP contribution in [0.3, 0.4) is 0 Å². The number of aliphatic carboxylic acids is 2. The standard InChI is InChI=1S/C28H25N7O13S2/c1-28(2,26(46)47)48-34-15(11-7-50-27(29)32-11)21(40)33-16-22(41)35-17(25(44)45)8(6-49-23(16)35)4-31-20(39)9-5-30-10-3-12(36)19(38)14(24(42)43)13(10)18(9)37/h3,5,7,16,23,36,38H,4,6H2,1-2H3,(H2,29,32)(H,30,37)(H,31,39)(H,33,40)(H,42,43)(H,44,45)(H,46,47)/b34-15-/t16?,23-/m0/s1. The van der Waals surface area contributed by atoms with Gasteiger partial charge in [0.1, 0.15) is 33.9 Å². The number of carbonyl (C=O) groups excluding carboxylic acids is 3. The number of aromatic carboxylic acids is 1. The first kappa shape index (κ1) is 35.2. The number of thiazole rings is 1. The van der Waals surface area contributed by atoms with Gasteiger partial charge in [0.2, 0.25) is 11.0 Å². The molecule has 0 bridgehead atoms. The molecule has 1 unspecified atom stereocenters. The molecule has 1 fully saturated rings. The van der Waals surface area contributed by atoms with Crippen LogP contribution in [-0.2, 0) is 24.0 Å². The zero-order valence-electron chi connectivity index (χ0n) is 25.5. The summed E-state index contributed by atoms with van der Waals surface area (Å²) < 4.78 is 0. The van der Waals surface area contributed by atoms with Gasteiger partial charge in [-0.2, -0.15) is 0 Å². The minimum Gasteiger partial charge on any atom is -0.504 e. The Balaban J connectivity index is 1.35. The molecule has 4 heterocycles. The highest BCUT2D eigenvalue weighted by Gasteiger charge is 2.54. The van der Waals surface area contributed by atoms with Crippen LogP contribution in [0.1, 0.15) is 40.3 Å². The molecular formula is C28H25N7O13S2. The number of nitrogens with one attached hydrogen (secondary N) is 3. The first-order chi connectivity index (χ1) is 23.4. The smallest absolute Gasteiger partial charge is 0.352 e. The molecule has 20 nitrogen and oxygen atoms in total. The number of pyridine rings is 1. The Kier molecular flexibility index (Phi) is 9.17. The molecule has 2 aromatic heterocycles. The van der Waals surface area contributed by atoms with Gasteiger partial charge in [-0.05, 0) is 19.4 Å². The lowest BCUT2D eigenvalue weighted by Gasteiger charge is -2.49. The number of nitrogens with zero attached hydrogens (tertiary/aromatic N) is 3. The molecule has 0 aliphatic carbocycles. The number of carbonyl (C=O) groups is 6. The van der Waals surface area contributed by atoms with E-state index in [-0.39, 0.29) is 27.7 Å². The van der Waals surface area contributed by atoms with Crippen molar-refractivity contribution >= 4 is 80.5 Å². The number of hydrogen-bond donors (Lipinski definition) is 9. The molecule has 262 valence electrons. The number of thioether (sulfide) groups is 1. The maximum Gasteiger partial charge on any atom is 0.352 e. The summed E-state index contributed by atoms with van der Waals surface area (Å²) in [5.74, 6) is -9.53. The highest BCUT2D eigenvalue weighted by molar-refractivity contribution is 8.00. The number of nitrogen functional groups attached to an aromatic ring is 1. The predicted octanol–water partition coefficient (Wildman–Crippen LogP) is -0.571. The number of rotatable bonds is 11. The second-order valence-corrected chi connectivity index (χ2v) is 13.1. The minimum absolute atomic E-state index is 0.0532. The zero-order chi connectivity index (χ0) is 36.8. The fraction of sp³-hybridized carbons (Fsp3) is 0.250. The van der Waals surface area contributed by atoms with Crippen LogP contribution in [0.25, 0.3) is 10.9 Å². The Labute approximate surface area is 286 Å². The number of phenolic OH excluding ortho intramolecular Hbond substituents is 1. The summed E-state index contributed by atoms with van der Waals surface area (Å²) >= 11 is 1.99. The van der Waals surface area contributed by atoms with Crippen molar-refractivity contribution in [2.24, 2.45) is 5.16 Å². The molecule has 22 heteroatoms. The number of nitrogens with two attached hydrogens (primary N) is 1. The quantitative estimate of drug-likeness (QED) is 0.0516. The largest absolute Gasteiger partial charge is 0.504 e. The number of benzene rings is 1. The van der Waals surface area contributed by atoms with E-state index in [2.05, 4.69) is 25.8 Å². The Morgan fingerprint density at radius 3 is 2.46 bits per heavy atom. The van der Waals surface area contributed by atoms with Crippen LogP contribution in [0.5, 0.6) is 11.5 Å². The molecule has 3 amide bonds. The zero-order valence-corrected chi connectivity index (χ0v) is 27.2. The lowest BCUT2D eigenvalue weighted by molar-refractivity contribution is -0.161. The monoisotopic (exact) mass is 731 g/mol. The van der Waals surface area contributed by atoms with Crippen LogP contribution in [-0.4, -0.2) is 111 Å². The van der Waals surface area contributed by atoms with Crippen molar-refractivity contribution in [3.05, 3.63) is 56.0 Å². The van der Waals surface area contributed by atoms with Gasteiger partial charge in [-0.1, -0.05) is 5.16 Å². The van der Waals surface area contributed by atoms with E-state index in [1.165, 1.54) is 19.2 Å². The van der Waals surface area contributed by atoms with Gasteiger partial charge in [0.15, 0.2) is 22.3 Å². The van der Waals surface area contributed by atoms with Crippen molar-refractivity contribution < 1.29 is 59.1 Å². The van der Waals surface area contributed by atoms with Crippen molar-refractivity contribution in [3.8, 4) is 11.5 Å². The molecule has 0 saturated carbocycles. The number of aromatic hydroxyl groups is 2. The number of aromatic amines is 1. The van der Waals surface area contributed by atoms with Gasteiger partial charge >= 0.3 is 17.9 Å². The van der Waals surface area contributed by atoms with Gasteiger partial charge in [-0.15, -0.1) is 23.1 Å². The lowest BCUT2D eigenvalue weighted by Crippen LogP contribution is -2.71. The molecule has 2 aliphatic rings. The lowest BCUT2D eigenvalue weighted by atomic mass is 10.0. The third kappa shape index (κ3) is 6.23. The Bertz CT molecular complexity index is 2140. The number of aromatic nitrogens is 2. The Morgan fingerprint density at radius 2 is 1.86 bits per heavy atom. The number of carboxylic acids is 3. The first-order valence-corrected chi connectivity index (χ1v) is 15.9. The molecule has 1 saturated heterocycles. The van der Waals surface area contributed by atoms with Gasteiger partial charge in [0.25, 0.3) is 17.7 Å². The summed E-state index contributed by atoms with van der Waals surface area (Å²) in [5, 5.41) is 57.1. The Hall–Kier alpha value is -6.16. The average molecular weight is 732 g/mol. The van der Waals surface area contributed by atoms with E-state index < -0.39 is 104 Å². The van der Waals surface area contributed by atoms with Crippen LogP contribution in [0, 0.1) is 0 Å². The number of anilines is 1. The van der Waals surface area contributed by atoms with E-state index in [4.69, 9.17) is 10.6 Å². The third-order valence-electron chi connectivity index (χ3n) is 7.44. The van der Waals surface area contributed by atoms with Crippen molar-refractivity contribution in [1.29, 1.82) is 0 Å². The van der Waals surface area contributed by atoms with E-state index in [1.807, 2.05) is 0 Å². The molecule has 5 rings (SSSR count). The fourth-order valence-electron chi connectivity index (χ4n) is 4.85. The number of oxime groups is 1. The molecule has 10 N–H and O–H groups in total. The normalized spacial score (nSPS) is 17.5. The van der Waals surface area contributed by atoms with Crippen LogP contribution in [0.2, 0.25) is 0 Å². The molecule has 3 aromatic rings. The first-order valence-electron chi connectivity index (χ1n) is 14.0. The second kappa shape index (κ2) is 13.0. The van der Waals surface area contributed by atoms with E-state index in [1.54, 1.807) is 0 Å². The Morgan fingerprint density at radius 1 is 1.16 bits per heavy atom. The molecule has 0 radical (unpaired) electrons. The number of H-pyrrole nitrogens is 1. The molecule has 2 atom stereocenters. The number of amides is 3. The van der Waals surface area contributed by atoms with E-state index in [9.17, 15) is 59.1 Å². The van der Waals surface area contributed by atoms with Crippen molar-refractivity contribution in [2.75, 3.05) is 18.0 Å². The van der Waals surface area contributed by atoms with Gasteiger partial charge < -0.3 is 51.7 Å². The summed E-state index contributed by atoms with van der Waals surface area (Å²) in [6.45, 7) is 1.90. The molecule has 0 spiro atoms. The molecule has 50 heavy (non-hydrogen) atoms. The number of β-lactam (4-membered cyclic amide) rings is 1. The van der Waals surface area contributed by atoms with Crippen molar-refractivity contribution in [1.82, 2.24) is 25.5 Å². The minimum atomic E-state index is -1.85. The van der Waals surface area contributed by atoms with Crippen LogP contribution in [0.4, 0.5) is 5.13 Å². The SMILES string of the molecule is CC(C)(O/N=C(\C(=O)NC1C(=O)N2C(C(=O)O)=C(CNC(=O)c3c[nH]c4cc(O)c(O)c(C(=O)O)c4c3=O)CS[C@@H]12)c1csc(N)n1)C(=O)O. The number of fused-ring (bicyclic) bond motifs is 2. The maximum atomic E-state index is 13.3. The summed E-state index contributed by atoms with van der Waals surface area (Å²) in [7, 11) is 0. The fourth-order valence-corrected chi connectivity index (χ4v) is 6.74. The van der Waals surface area contributed by atoms with Crippen LogP contribution in [0.15, 0.2) is 38.9 Å². The predicted molar refractivity (Wildman–Crippen MR) is 173 cm³/mol. The van der Waals surface area contributed by atoms with Gasteiger partial charge in [0, 0.05) is 29.9 Å². The number of phenols is 2. The molecule has 1 aromatic carbocycles. The van der Waals surface area contributed by atoms with Crippen LogP contribution >= 0.6 is 23.1 Å². The number of hydrogen-bond acceptors (Lipinski definition) is 15. The highest BCUT2D eigenvalue weighted by atomic mass is 32.2. The summed E-state index contributed by atoms with van der Waals surface area (Å²) in [5.41, 5.74) is -0.0159. The third-order valence-corrected chi connectivity index (χ3v) is 9.45. The van der Waals surface area contributed by atoms with Crippen LogP contribution < -0.4 is 21.8 Å². The van der Waals surface area contributed by atoms with E-state index in [0.29, 0.717) is 0 Å². The highest BCUT2D eigenvalue weighted by Crippen LogP contribution is 2.40. The van der Waals surface area contributed by atoms with Crippen molar-refractivity contribution in [2.45, 2.75) is 30.9 Å². The maximum absolute atomic E-state index is 13.3. The van der Waals surface area contributed by atoms with E-state index >= 15 is 0 Å². The van der Waals surface area contributed by atoms with Crippen molar-refractivity contribution in [3.63, 3.8) is 0 Å². The van der Waals surface area contributed by atoms with Gasteiger partial charge in [0.05, 0.1) is 10.9 Å². The number of carboxylic acid groups (broad SMARTS) is 3. The summed E-state index contributed by atoms with van der Waals surface area (Å²) in [6, 6.07) is -0.363. The summed E-state index contributed by atoms with van der Waals surface area (Å²) in [4.78, 5) is 101. The topological polar surface area (TPSA) is 324 Å². The second-order valence-electron chi connectivity index (χ2n) is 11.1. The van der Waals surface area contributed by atoms with Gasteiger partial charge in [-0.3, -0.25) is 24.1 Å². The van der Waals surface area contributed by atoms with E-state index in [0.717, 1.165) is 40.3 Å². The molecule has 2 aliphatic heterocycles. The molecular weight excluding hydrogens is 706 g/mol. The summed E-state index contributed by atoms with van der Waals surface area (Å²) in [6.07, 6.45) is 0.942. The van der Waals surface area contributed by atoms with Gasteiger partial charge in [-0.25, -0.2) is 19.4 Å². The average Bonchev–Trinajstić information content (AvgIpc) is 3.48.